The van der Waals surface area contributed by atoms with Crippen LogP contribution in [0.25, 0.3) is 0 Å². The second-order valence-electron chi connectivity index (χ2n) is 3.77. The van der Waals surface area contributed by atoms with Gasteiger partial charge in [0.1, 0.15) is 11.9 Å². The zero-order chi connectivity index (χ0) is 13.3. The highest BCUT2D eigenvalue weighted by Gasteiger charge is 2.16. The van der Waals surface area contributed by atoms with E-state index in [4.69, 9.17) is 23.2 Å². The SMILES string of the molecule is OC(c1cc(Cl)cc(Br)c1)c1ccc(Cl)cc1F. The molecule has 0 spiro atoms. The quantitative estimate of drug-likeness (QED) is 0.810. The van der Waals surface area contributed by atoms with Crippen molar-refractivity contribution in [2.75, 3.05) is 0 Å². The fraction of sp³-hybridized carbons (Fsp3) is 0.0769. The van der Waals surface area contributed by atoms with E-state index in [-0.39, 0.29) is 10.6 Å². The summed E-state index contributed by atoms with van der Waals surface area (Å²) in [4.78, 5) is 0. The van der Waals surface area contributed by atoms with Crippen LogP contribution < -0.4 is 0 Å². The fourth-order valence-electron chi connectivity index (χ4n) is 1.64. The van der Waals surface area contributed by atoms with Crippen molar-refractivity contribution < 1.29 is 9.50 Å². The van der Waals surface area contributed by atoms with Gasteiger partial charge in [0.15, 0.2) is 0 Å². The molecule has 2 aromatic carbocycles. The summed E-state index contributed by atoms with van der Waals surface area (Å²) in [7, 11) is 0. The lowest BCUT2D eigenvalue weighted by atomic mass is 10.0. The predicted octanol–water partition coefficient (Wildman–Crippen LogP) is 4.98. The summed E-state index contributed by atoms with van der Waals surface area (Å²) in [6.07, 6.45) is -1.09. The summed E-state index contributed by atoms with van der Waals surface area (Å²) in [6, 6.07) is 9.12. The molecule has 0 aliphatic rings. The number of rotatable bonds is 2. The molecule has 0 saturated carbocycles. The van der Waals surface area contributed by atoms with Crippen LogP contribution in [-0.4, -0.2) is 5.11 Å². The van der Waals surface area contributed by atoms with Gasteiger partial charge in [0.2, 0.25) is 0 Å². The largest absolute Gasteiger partial charge is 0.384 e. The molecule has 2 rings (SSSR count). The highest BCUT2D eigenvalue weighted by molar-refractivity contribution is 9.10. The number of aliphatic hydroxyl groups is 1. The van der Waals surface area contributed by atoms with Gasteiger partial charge < -0.3 is 5.11 Å². The van der Waals surface area contributed by atoms with Crippen LogP contribution in [0.3, 0.4) is 0 Å². The third kappa shape index (κ3) is 3.04. The first-order valence-electron chi connectivity index (χ1n) is 5.06. The van der Waals surface area contributed by atoms with E-state index in [1.54, 1.807) is 18.2 Å². The van der Waals surface area contributed by atoms with E-state index in [0.717, 1.165) is 4.47 Å². The topological polar surface area (TPSA) is 20.2 Å². The standard InChI is InChI=1S/C13H8BrCl2FO/c14-8-3-7(4-10(16)5-8)13(18)11-2-1-9(15)6-12(11)17/h1-6,13,18H. The maximum Gasteiger partial charge on any atom is 0.130 e. The minimum Gasteiger partial charge on any atom is -0.384 e. The maximum atomic E-state index is 13.7. The van der Waals surface area contributed by atoms with Crippen molar-refractivity contribution in [3.63, 3.8) is 0 Å². The van der Waals surface area contributed by atoms with Gasteiger partial charge in [-0.3, -0.25) is 0 Å². The average molecular weight is 350 g/mol. The third-order valence-corrected chi connectivity index (χ3v) is 3.37. The lowest BCUT2D eigenvalue weighted by Crippen LogP contribution is -2.02. The molecular formula is C13H8BrCl2FO. The Morgan fingerprint density at radius 3 is 2.39 bits per heavy atom. The Bertz CT molecular complexity index is 569. The van der Waals surface area contributed by atoms with E-state index < -0.39 is 11.9 Å². The van der Waals surface area contributed by atoms with Gasteiger partial charge in [-0.05, 0) is 35.9 Å². The number of aliphatic hydroxyl groups excluding tert-OH is 1. The first-order chi connectivity index (χ1) is 8.47. The van der Waals surface area contributed by atoms with E-state index in [1.165, 1.54) is 18.2 Å². The fourth-order valence-corrected chi connectivity index (χ4v) is 2.68. The lowest BCUT2D eigenvalue weighted by molar-refractivity contribution is 0.215. The van der Waals surface area contributed by atoms with Gasteiger partial charge >= 0.3 is 0 Å². The van der Waals surface area contributed by atoms with Crippen LogP contribution in [0.1, 0.15) is 17.2 Å². The molecule has 18 heavy (non-hydrogen) atoms. The van der Waals surface area contributed by atoms with Gasteiger partial charge in [-0.2, -0.15) is 0 Å². The molecule has 1 nitrogen and oxygen atoms in total. The summed E-state index contributed by atoms with van der Waals surface area (Å²) in [5.41, 5.74) is 0.671. The van der Waals surface area contributed by atoms with Crippen LogP contribution in [0.15, 0.2) is 40.9 Å². The number of hydrogen-bond donors (Lipinski definition) is 1. The van der Waals surface area contributed by atoms with Gasteiger partial charge in [-0.25, -0.2) is 4.39 Å². The van der Waals surface area contributed by atoms with E-state index >= 15 is 0 Å². The molecule has 0 fully saturated rings. The van der Waals surface area contributed by atoms with Gasteiger partial charge in [0.25, 0.3) is 0 Å². The summed E-state index contributed by atoms with van der Waals surface area (Å²) in [6.45, 7) is 0. The summed E-state index contributed by atoms with van der Waals surface area (Å²) >= 11 is 14.8. The predicted molar refractivity (Wildman–Crippen MR) is 74.6 cm³/mol. The Hall–Kier alpha value is -0.610. The Balaban J connectivity index is 2.44. The smallest absolute Gasteiger partial charge is 0.130 e. The van der Waals surface area contributed by atoms with Crippen LogP contribution in [0.2, 0.25) is 10.0 Å². The first kappa shape index (κ1) is 13.8. The highest BCUT2D eigenvalue weighted by Crippen LogP contribution is 2.30. The zero-order valence-corrected chi connectivity index (χ0v) is 12.1. The van der Waals surface area contributed by atoms with E-state index in [1.807, 2.05) is 0 Å². The molecule has 0 aromatic heterocycles. The van der Waals surface area contributed by atoms with Gasteiger partial charge in [0, 0.05) is 20.1 Å². The van der Waals surface area contributed by atoms with E-state index in [2.05, 4.69) is 15.9 Å². The van der Waals surface area contributed by atoms with Crippen molar-refractivity contribution >= 4 is 39.1 Å². The Morgan fingerprint density at radius 2 is 1.78 bits per heavy atom. The highest BCUT2D eigenvalue weighted by atomic mass is 79.9. The average Bonchev–Trinajstić information content (AvgIpc) is 2.26. The van der Waals surface area contributed by atoms with Crippen LogP contribution >= 0.6 is 39.1 Å². The van der Waals surface area contributed by atoms with Crippen molar-refractivity contribution in [2.24, 2.45) is 0 Å². The molecule has 5 heteroatoms. The molecule has 2 aromatic rings. The Labute approximate surface area is 122 Å². The molecule has 94 valence electrons. The molecule has 0 aliphatic carbocycles. The number of hydrogen-bond acceptors (Lipinski definition) is 1. The molecule has 1 unspecified atom stereocenters. The molecule has 0 aliphatic heterocycles. The normalized spacial score (nSPS) is 12.5. The van der Waals surface area contributed by atoms with Crippen molar-refractivity contribution in [2.45, 2.75) is 6.10 Å². The summed E-state index contributed by atoms with van der Waals surface area (Å²) < 4.78 is 14.4. The second-order valence-corrected chi connectivity index (χ2v) is 5.56. The van der Waals surface area contributed by atoms with Crippen molar-refractivity contribution in [1.29, 1.82) is 0 Å². The minimum absolute atomic E-state index is 0.161. The molecule has 0 bridgehead atoms. The van der Waals surface area contributed by atoms with Crippen LogP contribution in [0.5, 0.6) is 0 Å². The van der Waals surface area contributed by atoms with Gasteiger partial charge in [-0.15, -0.1) is 0 Å². The maximum absolute atomic E-state index is 13.7. The van der Waals surface area contributed by atoms with Gasteiger partial charge in [-0.1, -0.05) is 45.2 Å². The van der Waals surface area contributed by atoms with Gasteiger partial charge in [0.05, 0.1) is 0 Å². The lowest BCUT2D eigenvalue weighted by Gasteiger charge is -2.13. The van der Waals surface area contributed by atoms with Crippen molar-refractivity contribution in [3.05, 3.63) is 67.9 Å². The van der Waals surface area contributed by atoms with Crippen LogP contribution in [0, 0.1) is 5.82 Å². The summed E-state index contributed by atoms with van der Waals surface area (Å²) in [5.74, 6) is -0.550. The summed E-state index contributed by atoms with van der Waals surface area (Å²) in [5, 5.41) is 10.9. The minimum atomic E-state index is -1.09. The molecule has 0 heterocycles. The van der Waals surface area contributed by atoms with Crippen LogP contribution in [-0.2, 0) is 0 Å². The Kier molecular flexibility index (Phi) is 4.28. The van der Waals surface area contributed by atoms with E-state index in [9.17, 15) is 9.50 Å². The molecule has 0 amide bonds. The van der Waals surface area contributed by atoms with Crippen LogP contribution in [0.4, 0.5) is 4.39 Å². The molecular weight excluding hydrogens is 342 g/mol. The Morgan fingerprint density at radius 1 is 1.06 bits per heavy atom. The molecule has 1 atom stereocenters. The molecule has 0 saturated heterocycles. The molecule has 1 N–H and O–H groups in total. The molecule has 0 radical (unpaired) electrons. The monoisotopic (exact) mass is 348 g/mol. The number of halogens is 4. The van der Waals surface area contributed by atoms with E-state index in [0.29, 0.717) is 10.6 Å². The third-order valence-electron chi connectivity index (χ3n) is 2.46. The zero-order valence-electron chi connectivity index (χ0n) is 9.00. The van der Waals surface area contributed by atoms with Crippen molar-refractivity contribution in [1.82, 2.24) is 0 Å². The number of benzene rings is 2. The second kappa shape index (κ2) is 5.57. The first-order valence-corrected chi connectivity index (χ1v) is 6.61. The van der Waals surface area contributed by atoms with Crippen molar-refractivity contribution in [3.8, 4) is 0 Å².